The van der Waals surface area contributed by atoms with E-state index < -0.39 is 5.97 Å². The first-order chi connectivity index (χ1) is 40.4. The lowest BCUT2D eigenvalue weighted by atomic mass is 10.1. The maximum absolute atomic E-state index is 14.1. The van der Waals surface area contributed by atoms with Gasteiger partial charge in [0, 0.05) is 19.3 Å². The van der Waals surface area contributed by atoms with Gasteiger partial charge in [-0.15, -0.1) is 0 Å². The smallest absolute Gasteiger partial charge is 0.338 e. The summed E-state index contributed by atoms with van der Waals surface area (Å²) in [7, 11) is 0. The number of unbranched alkanes of at least 4 members (excludes halogenated alkanes) is 24. The first-order valence-electron chi connectivity index (χ1n) is 31.3. The van der Waals surface area contributed by atoms with Crippen LogP contribution in [0.15, 0.2) is 67.3 Å². The van der Waals surface area contributed by atoms with Crippen LogP contribution >= 0.6 is 0 Å². The third kappa shape index (κ3) is 38.1. The van der Waals surface area contributed by atoms with Gasteiger partial charge in [-0.3, -0.25) is 14.4 Å². The Balaban J connectivity index is 1.68. The molecule has 3 rings (SSSR count). The summed E-state index contributed by atoms with van der Waals surface area (Å²) >= 11 is 0. The van der Waals surface area contributed by atoms with E-state index in [1.165, 1.54) is 0 Å². The highest BCUT2D eigenvalue weighted by Crippen LogP contribution is 2.40. The molecule has 0 bridgehead atoms. The van der Waals surface area contributed by atoms with Crippen molar-refractivity contribution in [3.63, 3.8) is 0 Å². The molecule has 0 radical (unpaired) electrons. The summed E-state index contributed by atoms with van der Waals surface area (Å²) in [6.45, 7) is 20.5. The third-order valence-electron chi connectivity index (χ3n) is 13.6. The summed E-state index contributed by atoms with van der Waals surface area (Å²) in [5.41, 5.74) is 1.02. The van der Waals surface area contributed by atoms with Gasteiger partial charge in [-0.05, 0) is 89.1 Å². The van der Waals surface area contributed by atoms with Crippen molar-refractivity contribution in [1.29, 1.82) is 0 Å². The Labute approximate surface area is 497 Å². The number of hydrogen-bond donors (Lipinski definition) is 0. The normalized spacial score (nSPS) is 13.0. The standard InChI is InChI=1S/C67H104O16/c1-54(2)81-63(68)34-28-22-16-10-7-13-19-25-31-39-75-61-51-58(67(71)80-53-57-37-38-59-60(50-57)78-49-47-74-45-43-72-42-44-73-46-48-77-59)52-62(76-40-32-26-20-14-8-11-17-23-29-35-64(69)82-55(3)4)66(61)79-41-33-27-21-15-9-12-18-24-30-36-65(70)83-56(5)6/h37-38,50-52H,1,3,5,7-36,39-49,53H2,2,4,6H3. The number of ether oxygens (including phenoxy) is 12. The first kappa shape index (κ1) is 71.7. The number of allylic oxidation sites excluding steroid dienone is 3. The summed E-state index contributed by atoms with van der Waals surface area (Å²) in [6.07, 6.45) is 29.0. The summed E-state index contributed by atoms with van der Waals surface area (Å²) in [5, 5.41) is 0. The maximum Gasteiger partial charge on any atom is 0.338 e. The van der Waals surface area contributed by atoms with E-state index in [0.717, 1.165) is 179 Å². The minimum atomic E-state index is -0.531. The van der Waals surface area contributed by atoms with Gasteiger partial charge < -0.3 is 56.8 Å². The fraction of sp³-hybridized carbons (Fsp3) is 0.672. The van der Waals surface area contributed by atoms with Crippen LogP contribution < -0.4 is 23.7 Å². The molecule has 0 aromatic heterocycles. The van der Waals surface area contributed by atoms with Crippen LogP contribution in [0.25, 0.3) is 0 Å². The van der Waals surface area contributed by atoms with E-state index in [-0.39, 0.29) is 24.5 Å². The summed E-state index contributed by atoms with van der Waals surface area (Å²) in [6, 6.07) is 8.92. The van der Waals surface area contributed by atoms with E-state index in [1.807, 2.05) is 18.2 Å². The first-order valence-corrected chi connectivity index (χ1v) is 31.3. The van der Waals surface area contributed by atoms with Crippen molar-refractivity contribution < 1.29 is 76.0 Å². The largest absolute Gasteiger partial charge is 0.490 e. The van der Waals surface area contributed by atoms with E-state index >= 15 is 0 Å². The minimum Gasteiger partial charge on any atom is -0.490 e. The van der Waals surface area contributed by atoms with Gasteiger partial charge in [0.25, 0.3) is 0 Å². The van der Waals surface area contributed by atoms with Gasteiger partial charge in [0.05, 0.1) is 82.3 Å². The predicted molar refractivity (Wildman–Crippen MR) is 323 cm³/mol. The van der Waals surface area contributed by atoms with Crippen LogP contribution in [0.1, 0.15) is 229 Å². The molecule has 16 heteroatoms. The van der Waals surface area contributed by atoms with Crippen LogP contribution in [-0.2, 0) is 54.1 Å². The minimum absolute atomic E-state index is 0.0164. The van der Waals surface area contributed by atoms with Crippen molar-refractivity contribution in [2.75, 3.05) is 72.7 Å². The van der Waals surface area contributed by atoms with E-state index in [4.69, 9.17) is 56.8 Å². The van der Waals surface area contributed by atoms with E-state index in [9.17, 15) is 19.2 Å². The number of esters is 4. The Kier molecular flexibility index (Phi) is 41.2. The summed E-state index contributed by atoms with van der Waals surface area (Å²) < 4.78 is 69.7. The monoisotopic (exact) mass is 1160 g/mol. The van der Waals surface area contributed by atoms with E-state index in [1.54, 1.807) is 32.9 Å². The highest BCUT2D eigenvalue weighted by Gasteiger charge is 2.21. The van der Waals surface area contributed by atoms with Crippen molar-refractivity contribution >= 4 is 23.9 Å². The molecule has 1 aliphatic heterocycles. The molecule has 0 saturated heterocycles. The lowest BCUT2D eigenvalue weighted by Gasteiger charge is -2.19. The molecule has 0 N–H and O–H groups in total. The Morgan fingerprint density at radius 3 is 1.10 bits per heavy atom. The summed E-state index contributed by atoms with van der Waals surface area (Å²) in [5.74, 6) is 2.60. The van der Waals surface area contributed by atoms with Crippen molar-refractivity contribution in [3.8, 4) is 28.7 Å². The van der Waals surface area contributed by atoms with Gasteiger partial charge in [-0.1, -0.05) is 161 Å². The Morgan fingerprint density at radius 2 is 0.723 bits per heavy atom. The topological polar surface area (TPSA) is 179 Å². The zero-order valence-corrected chi connectivity index (χ0v) is 51.2. The van der Waals surface area contributed by atoms with Crippen LogP contribution in [0.4, 0.5) is 0 Å². The maximum atomic E-state index is 14.1. The van der Waals surface area contributed by atoms with Crippen LogP contribution in [0, 0.1) is 0 Å². The molecule has 0 atom stereocenters. The predicted octanol–water partition coefficient (Wildman–Crippen LogP) is 15.9. The molecule has 468 valence electrons. The lowest BCUT2D eigenvalue weighted by Crippen LogP contribution is -2.13. The zero-order valence-electron chi connectivity index (χ0n) is 51.2. The van der Waals surface area contributed by atoms with Crippen molar-refractivity contribution in [2.24, 2.45) is 0 Å². The molecule has 0 unspecified atom stereocenters. The molecule has 0 spiro atoms. The quantitative estimate of drug-likeness (QED) is 0.0264. The number of carbonyl (C=O) groups is 4. The average molecular weight is 1170 g/mol. The van der Waals surface area contributed by atoms with Gasteiger partial charge in [-0.2, -0.15) is 0 Å². The van der Waals surface area contributed by atoms with E-state index in [2.05, 4.69) is 19.7 Å². The average Bonchev–Trinajstić information content (AvgIpc) is 3.66. The highest BCUT2D eigenvalue weighted by molar-refractivity contribution is 5.91. The van der Waals surface area contributed by atoms with Gasteiger partial charge >= 0.3 is 23.9 Å². The fourth-order valence-electron chi connectivity index (χ4n) is 9.22. The SMILES string of the molecule is C=C(C)OC(=O)CCCCCCCCCCCOc1cc(C(=O)OCc2ccc3c(c2)OCCOCCOCCOCCO3)cc(OCCCCCCCCCCCC(=O)OC(=C)C)c1OCCCCCCCCCCCC(=O)OC(=C)C. The molecular formula is C67H104O16. The lowest BCUT2D eigenvalue weighted by molar-refractivity contribution is -0.140. The molecule has 16 nitrogen and oxygen atoms in total. The molecule has 1 aliphatic rings. The van der Waals surface area contributed by atoms with Crippen LogP contribution in [-0.4, -0.2) is 96.6 Å². The Bertz CT molecular complexity index is 2060. The van der Waals surface area contributed by atoms with Crippen LogP contribution in [0.2, 0.25) is 0 Å². The molecule has 0 saturated carbocycles. The number of benzene rings is 2. The second-order valence-corrected chi connectivity index (χ2v) is 21.6. The molecule has 0 aliphatic carbocycles. The van der Waals surface area contributed by atoms with Crippen LogP contribution in [0.3, 0.4) is 0 Å². The van der Waals surface area contributed by atoms with Gasteiger partial charge in [0.1, 0.15) is 19.8 Å². The number of hydrogen-bond acceptors (Lipinski definition) is 16. The molecule has 2 aromatic carbocycles. The number of rotatable bonds is 45. The van der Waals surface area contributed by atoms with E-state index in [0.29, 0.717) is 144 Å². The molecule has 2 aromatic rings. The highest BCUT2D eigenvalue weighted by atomic mass is 16.6. The zero-order chi connectivity index (χ0) is 59.8. The van der Waals surface area contributed by atoms with Crippen LogP contribution in [0.5, 0.6) is 28.7 Å². The molecule has 1 heterocycles. The van der Waals surface area contributed by atoms with Gasteiger partial charge in [0.2, 0.25) is 5.75 Å². The van der Waals surface area contributed by atoms with Gasteiger partial charge in [0.15, 0.2) is 23.0 Å². The molecular weight excluding hydrogens is 1060 g/mol. The fourth-order valence-corrected chi connectivity index (χ4v) is 9.22. The Morgan fingerprint density at radius 1 is 0.398 bits per heavy atom. The third-order valence-corrected chi connectivity index (χ3v) is 13.6. The number of carbonyl (C=O) groups excluding carboxylic acids is 4. The van der Waals surface area contributed by atoms with Crippen molar-refractivity contribution in [3.05, 3.63) is 78.5 Å². The van der Waals surface area contributed by atoms with Crippen molar-refractivity contribution in [2.45, 2.75) is 220 Å². The second kappa shape index (κ2) is 47.7. The second-order valence-electron chi connectivity index (χ2n) is 21.6. The van der Waals surface area contributed by atoms with Gasteiger partial charge in [-0.25, -0.2) is 4.79 Å². The molecule has 0 amide bonds. The number of fused-ring (bicyclic) bond motifs is 1. The van der Waals surface area contributed by atoms with Crippen molar-refractivity contribution in [1.82, 2.24) is 0 Å². The Hall–Kier alpha value is -5.58. The summed E-state index contributed by atoms with van der Waals surface area (Å²) in [4.78, 5) is 49.5. The molecule has 0 fully saturated rings. The molecule has 83 heavy (non-hydrogen) atoms.